The smallest absolute Gasteiger partial charge is 0.183 e. The van der Waals surface area contributed by atoms with Crippen molar-refractivity contribution in [2.24, 2.45) is 0 Å². The molecule has 0 heterocycles. The molecule has 4 heteroatoms. The maximum absolute atomic E-state index is 11.5. The Bertz CT molecular complexity index is 374. The molecule has 0 spiro atoms. The van der Waals surface area contributed by atoms with Crippen LogP contribution in [-0.4, -0.2) is 20.0 Å². The number of Topliss-reactive ketones (excluding diaryl/α,β-unsaturated/α-hetero) is 1. The van der Waals surface area contributed by atoms with Gasteiger partial charge in [0.2, 0.25) is 0 Å². The first-order valence-corrected chi connectivity index (χ1v) is 4.68. The van der Waals surface area contributed by atoms with E-state index in [4.69, 9.17) is 15.2 Å². The van der Waals surface area contributed by atoms with Gasteiger partial charge in [-0.05, 0) is 12.1 Å². The molecule has 0 aliphatic rings. The first-order valence-electron chi connectivity index (χ1n) is 4.68. The van der Waals surface area contributed by atoms with Crippen LogP contribution >= 0.6 is 0 Å². The van der Waals surface area contributed by atoms with Gasteiger partial charge in [-0.25, -0.2) is 0 Å². The molecule has 0 unspecified atom stereocenters. The van der Waals surface area contributed by atoms with Crippen molar-refractivity contribution in [1.29, 1.82) is 0 Å². The Balaban J connectivity index is 3.25. The summed E-state index contributed by atoms with van der Waals surface area (Å²) >= 11 is 0. The molecule has 0 aliphatic carbocycles. The predicted molar refractivity (Wildman–Crippen MR) is 58.6 cm³/mol. The molecule has 1 aromatic rings. The van der Waals surface area contributed by atoms with E-state index in [1.54, 1.807) is 19.1 Å². The molecule has 1 rings (SSSR count). The summed E-state index contributed by atoms with van der Waals surface area (Å²) in [6.45, 7) is 1.80. The number of ketones is 1. The summed E-state index contributed by atoms with van der Waals surface area (Å²) in [4.78, 5) is 11.5. The van der Waals surface area contributed by atoms with E-state index < -0.39 is 0 Å². The SMILES string of the molecule is CCC(=O)c1cc(N)c(OC)c(OC)c1. The van der Waals surface area contributed by atoms with Crippen LogP contribution in [0.4, 0.5) is 5.69 Å². The highest BCUT2D eigenvalue weighted by Crippen LogP contribution is 2.34. The lowest BCUT2D eigenvalue weighted by Gasteiger charge is -2.11. The fourth-order valence-electron chi connectivity index (χ4n) is 1.36. The van der Waals surface area contributed by atoms with E-state index in [0.717, 1.165) is 0 Å². The molecule has 0 fully saturated rings. The molecule has 0 saturated carbocycles. The van der Waals surface area contributed by atoms with Gasteiger partial charge in [0, 0.05) is 12.0 Å². The van der Waals surface area contributed by atoms with E-state index in [0.29, 0.717) is 29.2 Å². The lowest BCUT2D eigenvalue weighted by molar-refractivity contribution is 0.0988. The average Bonchev–Trinajstić information content (AvgIpc) is 2.26. The third kappa shape index (κ3) is 2.21. The number of ether oxygens (including phenoxy) is 2. The van der Waals surface area contributed by atoms with E-state index in [9.17, 15) is 4.79 Å². The van der Waals surface area contributed by atoms with Gasteiger partial charge in [-0.3, -0.25) is 4.79 Å². The van der Waals surface area contributed by atoms with Gasteiger partial charge < -0.3 is 15.2 Å². The normalized spacial score (nSPS) is 9.80. The van der Waals surface area contributed by atoms with Crippen molar-refractivity contribution in [1.82, 2.24) is 0 Å². The first-order chi connectivity index (χ1) is 7.13. The number of nitrogens with two attached hydrogens (primary N) is 1. The van der Waals surface area contributed by atoms with Crippen LogP contribution in [0.2, 0.25) is 0 Å². The van der Waals surface area contributed by atoms with Crippen LogP contribution in [-0.2, 0) is 0 Å². The number of anilines is 1. The Labute approximate surface area is 89.0 Å². The summed E-state index contributed by atoms with van der Waals surface area (Å²) in [5, 5.41) is 0. The second kappa shape index (κ2) is 4.68. The number of rotatable bonds is 4. The van der Waals surface area contributed by atoms with Crippen molar-refractivity contribution in [2.75, 3.05) is 20.0 Å². The number of benzene rings is 1. The Morgan fingerprint density at radius 2 is 2.00 bits per heavy atom. The summed E-state index contributed by atoms with van der Waals surface area (Å²) in [5.74, 6) is 0.974. The number of carbonyl (C=O) groups excluding carboxylic acids is 1. The third-order valence-electron chi connectivity index (χ3n) is 2.15. The molecule has 0 atom stereocenters. The second-order valence-electron chi connectivity index (χ2n) is 3.08. The highest BCUT2D eigenvalue weighted by molar-refractivity contribution is 5.97. The van der Waals surface area contributed by atoms with Crippen molar-refractivity contribution in [3.8, 4) is 11.5 Å². The summed E-state index contributed by atoms with van der Waals surface area (Å²) in [5.41, 5.74) is 6.70. The zero-order valence-electron chi connectivity index (χ0n) is 9.16. The van der Waals surface area contributed by atoms with Crippen LogP contribution in [0.25, 0.3) is 0 Å². The summed E-state index contributed by atoms with van der Waals surface area (Å²) in [6, 6.07) is 3.24. The van der Waals surface area contributed by atoms with Crippen molar-refractivity contribution in [2.45, 2.75) is 13.3 Å². The van der Waals surface area contributed by atoms with Gasteiger partial charge in [0.25, 0.3) is 0 Å². The Morgan fingerprint density at radius 1 is 1.33 bits per heavy atom. The first kappa shape index (κ1) is 11.4. The molecule has 82 valence electrons. The number of nitrogen functional groups attached to an aromatic ring is 1. The monoisotopic (exact) mass is 209 g/mol. The standard InChI is InChI=1S/C11H15NO3/c1-4-9(13)7-5-8(12)11(15-3)10(6-7)14-2/h5-6H,4,12H2,1-3H3. The molecule has 2 N–H and O–H groups in total. The van der Waals surface area contributed by atoms with E-state index >= 15 is 0 Å². The van der Waals surface area contributed by atoms with Gasteiger partial charge in [-0.2, -0.15) is 0 Å². The maximum atomic E-state index is 11.5. The molecule has 1 aromatic carbocycles. The van der Waals surface area contributed by atoms with Gasteiger partial charge >= 0.3 is 0 Å². The number of hydrogen-bond donors (Lipinski definition) is 1. The highest BCUT2D eigenvalue weighted by atomic mass is 16.5. The Hall–Kier alpha value is -1.71. The molecule has 15 heavy (non-hydrogen) atoms. The number of carbonyl (C=O) groups is 1. The minimum atomic E-state index is 0.0302. The molecular weight excluding hydrogens is 194 g/mol. The Kier molecular flexibility index (Phi) is 3.55. The van der Waals surface area contributed by atoms with Gasteiger partial charge in [0.15, 0.2) is 17.3 Å². The van der Waals surface area contributed by atoms with Gasteiger partial charge in [0.1, 0.15) is 0 Å². The largest absolute Gasteiger partial charge is 0.493 e. The summed E-state index contributed by atoms with van der Waals surface area (Å²) < 4.78 is 10.2. The zero-order chi connectivity index (χ0) is 11.4. The Morgan fingerprint density at radius 3 is 2.47 bits per heavy atom. The predicted octanol–water partition coefficient (Wildman–Crippen LogP) is 1.88. The fraction of sp³-hybridized carbons (Fsp3) is 0.364. The lowest BCUT2D eigenvalue weighted by Crippen LogP contribution is -2.02. The topological polar surface area (TPSA) is 61.6 Å². The summed E-state index contributed by atoms with van der Waals surface area (Å²) in [6.07, 6.45) is 0.439. The van der Waals surface area contributed by atoms with Crippen LogP contribution in [0.5, 0.6) is 11.5 Å². The maximum Gasteiger partial charge on any atom is 0.183 e. The van der Waals surface area contributed by atoms with Crippen molar-refractivity contribution >= 4 is 11.5 Å². The highest BCUT2D eigenvalue weighted by Gasteiger charge is 2.13. The van der Waals surface area contributed by atoms with E-state index in [1.165, 1.54) is 14.2 Å². The van der Waals surface area contributed by atoms with E-state index in [-0.39, 0.29) is 5.78 Å². The quantitative estimate of drug-likeness (QED) is 0.607. The van der Waals surface area contributed by atoms with Crippen molar-refractivity contribution < 1.29 is 14.3 Å². The minimum absolute atomic E-state index is 0.0302. The zero-order valence-corrected chi connectivity index (χ0v) is 9.16. The van der Waals surface area contributed by atoms with Crippen molar-refractivity contribution in [3.63, 3.8) is 0 Å². The molecule has 0 bridgehead atoms. The molecule has 0 radical (unpaired) electrons. The third-order valence-corrected chi connectivity index (χ3v) is 2.15. The lowest BCUT2D eigenvalue weighted by atomic mass is 10.1. The molecule has 0 amide bonds. The average molecular weight is 209 g/mol. The van der Waals surface area contributed by atoms with E-state index in [1.807, 2.05) is 0 Å². The van der Waals surface area contributed by atoms with Gasteiger partial charge in [0.05, 0.1) is 19.9 Å². The molecule has 4 nitrogen and oxygen atoms in total. The van der Waals surface area contributed by atoms with Crippen LogP contribution in [0.15, 0.2) is 12.1 Å². The van der Waals surface area contributed by atoms with E-state index in [2.05, 4.69) is 0 Å². The summed E-state index contributed by atoms with van der Waals surface area (Å²) in [7, 11) is 3.02. The number of methoxy groups -OCH3 is 2. The van der Waals surface area contributed by atoms with Crippen molar-refractivity contribution in [3.05, 3.63) is 17.7 Å². The molecule has 0 aromatic heterocycles. The molecule has 0 aliphatic heterocycles. The molecule has 0 saturated heterocycles. The van der Waals surface area contributed by atoms with Gasteiger partial charge in [-0.1, -0.05) is 6.92 Å². The van der Waals surface area contributed by atoms with Gasteiger partial charge in [-0.15, -0.1) is 0 Å². The minimum Gasteiger partial charge on any atom is -0.493 e. The van der Waals surface area contributed by atoms with Crippen LogP contribution < -0.4 is 15.2 Å². The fourth-order valence-corrected chi connectivity index (χ4v) is 1.36. The van der Waals surface area contributed by atoms with Crippen LogP contribution in [0, 0.1) is 0 Å². The van der Waals surface area contributed by atoms with Crippen LogP contribution in [0.1, 0.15) is 23.7 Å². The van der Waals surface area contributed by atoms with Crippen LogP contribution in [0.3, 0.4) is 0 Å². The molecular formula is C11H15NO3. The second-order valence-corrected chi connectivity index (χ2v) is 3.08. The number of hydrogen-bond acceptors (Lipinski definition) is 4.